The summed E-state index contributed by atoms with van der Waals surface area (Å²) < 4.78 is 15.4. The lowest BCUT2D eigenvalue weighted by atomic mass is 10.2. The highest BCUT2D eigenvalue weighted by Crippen LogP contribution is 2.23. The van der Waals surface area contributed by atoms with Crippen LogP contribution in [-0.2, 0) is 6.54 Å². The monoisotopic (exact) mass is 415 g/mol. The van der Waals surface area contributed by atoms with E-state index in [4.69, 9.17) is 0 Å². The number of fused-ring (bicyclic) bond motifs is 1. The van der Waals surface area contributed by atoms with E-state index in [1.165, 1.54) is 12.1 Å². The van der Waals surface area contributed by atoms with Crippen LogP contribution in [0.25, 0.3) is 10.9 Å². The third kappa shape index (κ3) is 3.86. The molecule has 0 radical (unpaired) electrons. The summed E-state index contributed by atoms with van der Waals surface area (Å²) in [6.07, 6.45) is 3.46. The molecule has 1 amide bonds. The maximum atomic E-state index is 13.5. The fourth-order valence-corrected chi connectivity index (χ4v) is 4.06. The van der Waals surface area contributed by atoms with Crippen molar-refractivity contribution in [1.29, 1.82) is 0 Å². The maximum Gasteiger partial charge on any atom is 0.270 e. The van der Waals surface area contributed by atoms with Crippen molar-refractivity contribution < 1.29 is 9.18 Å². The SMILES string of the molecule is O=C(c1cc2ccccc2n1Cc1ccc(F)cc1)N1CCN(c2ncccn2)CC1. The highest BCUT2D eigenvalue weighted by atomic mass is 19.1. The highest BCUT2D eigenvalue weighted by molar-refractivity contribution is 5.99. The first kappa shape index (κ1) is 19.2. The van der Waals surface area contributed by atoms with Crippen LogP contribution < -0.4 is 4.90 Å². The van der Waals surface area contributed by atoms with Gasteiger partial charge in [-0.3, -0.25) is 4.79 Å². The topological polar surface area (TPSA) is 54.3 Å². The molecule has 0 spiro atoms. The zero-order chi connectivity index (χ0) is 21.2. The number of hydrogen-bond donors (Lipinski definition) is 0. The van der Waals surface area contributed by atoms with E-state index in [2.05, 4.69) is 14.9 Å². The normalized spacial score (nSPS) is 14.2. The highest BCUT2D eigenvalue weighted by Gasteiger charge is 2.26. The van der Waals surface area contributed by atoms with Gasteiger partial charge in [-0.1, -0.05) is 30.3 Å². The Hall–Kier alpha value is -3.74. The van der Waals surface area contributed by atoms with Crippen molar-refractivity contribution in [2.45, 2.75) is 6.54 Å². The van der Waals surface area contributed by atoms with Gasteiger partial charge in [-0.2, -0.15) is 0 Å². The van der Waals surface area contributed by atoms with E-state index in [0.29, 0.717) is 44.4 Å². The van der Waals surface area contributed by atoms with E-state index < -0.39 is 0 Å². The van der Waals surface area contributed by atoms with Crippen molar-refractivity contribution in [2.75, 3.05) is 31.1 Å². The van der Waals surface area contributed by atoms with Gasteiger partial charge < -0.3 is 14.4 Å². The fraction of sp³-hybridized carbons (Fsp3) is 0.208. The number of piperazine rings is 1. The molecule has 2 aromatic heterocycles. The number of carbonyl (C=O) groups is 1. The number of aromatic nitrogens is 3. The maximum absolute atomic E-state index is 13.5. The second-order valence-electron chi connectivity index (χ2n) is 7.63. The number of hydrogen-bond acceptors (Lipinski definition) is 4. The quantitative estimate of drug-likeness (QED) is 0.511. The van der Waals surface area contributed by atoms with Crippen molar-refractivity contribution in [3.63, 3.8) is 0 Å². The lowest BCUT2D eigenvalue weighted by molar-refractivity contribution is 0.0736. The number of nitrogens with zero attached hydrogens (tertiary/aromatic N) is 5. The van der Waals surface area contributed by atoms with Gasteiger partial charge in [0.25, 0.3) is 5.91 Å². The van der Waals surface area contributed by atoms with Crippen LogP contribution in [-0.4, -0.2) is 51.5 Å². The summed E-state index contributed by atoms with van der Waals surface area (Å²) in [5.41, 5.74) is 2.59. The minimum Gasteiger partial charge on any atom is -0.337 e. The van der Waals surface area contributed by atoms with Crippen LogP contribution in [0.5, 0.6) is 0 Å². The average Bonchev–Trinajstić information content (AvgIpc) is 3.19. The minimum atomic E-state index is -0.266. The molecule has 0 N–H and O–H groups in total. The summed E-state index contributed by atoms with van der Waals surface area (Å²) >= 11 is 0. The predicted octanol–water partition coefficient (Wildman–Crippen LogP) is 3.58. The van der Waals surface area contributed by atoms with Crippen LogP contribution >= 0.6 is 0 Å². The van der Waals surface area contributed by atoms with Crippen LogP contribution in [0.1, 0.15) is 16.1 Å². The van der Waals surface area contributed by atoms with E-state index in [1.807, 2.05) is 39.8 Å². The van der Waals surface area contributed by atoms with E-state index in [9.17, 15) is 9.18 Å². The molecule has 156 valence electrons. The Morgan fingerprint density at radius 3 is 2.35 bits per heavy atom. The first-order chi connectivity index (χ1) is 15.2. The van der Waals surface area contributed by atoms with E-state index >= 15 is 0 Å². The van der Waals surface area contributed by atoms with Crippen LogP contribution in [0.15, 0.2) is 73.1 Å². The molecule has 6 nitrogen and oxygen atoms in total. The van der Waals surface area contributed by atoms with Gasteiger partial charge in [0.1, 0.15) is 11.5 Å². The van der Waals surface area contributed by atoms with E-state index in [0.717, 1.165) is 16.5 Å². The van der Waals surface area contributed by atoms with Crippen molar-refractivity contribution in [1.82, 2.24) is 19.4 Å². The molecule has 0 aliphatic carbocycles. The summed E-state index contributed by atoms with van der Waals surface area (Å²) in [7, 11) is 0. The Balaban J connectivity index is 1.40. The van der Waals surface area contributed by atoms with Crippen LogP contribution in [0, 0.1) is 5.82 Å². The van der Waals surface area contributed by atoms with Gasteiger partial charge in [-0.05, 0) is 35.9 Å². The molecule has 31 heavy (non-hydrogen) atoms. The lowest BCUT2D eigenvalue weighted by Crippen LogP contribution is -2.49. The zero-order valence-corrected chi connectivity index (χ0v) is 17.0. The summed E-state index contributed by atoms with van der Waals surface area (Å²) in [5, 5.41) is 1.02. The lowest BCUT2D eigenvalue weighted by Gasteiger charge is -2.34. The Morgan fingerprint density at radius 2 is 1.61 bits per heavy atom. The largest absolute Gasteiger partial charge is 0.337 e. The van der Waals surface area contributed by atoms with Gasteiger partial charge in [0, 0.05) is 56.0 Å². The molecule has 0 atom stereocenters. The van der Waals surface area contributed by atoms with E-state index in [-0.39, 0.29) is 11.7 Å². The smallest absolute Gasteiger partial charge is 0.270 e. The van der Waals surface area contributed by atoms with Gasteiger partial charge in [0.2, 0.25) is 5.95 Å². The Labute approximate surface area is 179 Å². The number of para-hydroxylation sites is 1. The Kier molecular flexibility index (Phi) is 5.08. The molecule has 0 saturated carbocycles. The average molecular weight is 415 g/mol. The molecule has 1 fully saturated rings. The molecule has 3 heterocycles. The molecule has 5 rings (SSSR count). The standard InChI is InChI=1S/C24H22FN5O/c25-20-8-6-18(7-9-20)17-30-21-5-2-1-4-19(21)16-22(30)23(31)28-12-14-29(15-13-28)24-26-10-3-11-27-24/h1-11,16H,12-15,17H2. The van der Waals surface area contributed by atoms with Gasteiger partial charge in [-0.15, -0.1) is 0 Å². The number of carbonyl (C=O) groups excluding carboxylic acids is 1. The van der Waals surface area contributed by atoms with Gasteiger partial charge >= 0.3 is 0 Å². The van der Waals surface area contributed by atoms with Crippen molar-refractivity contribution in [2.24, 2.45) is 0 Å². The van der Waals surface area contributed by atoms with Crippen LogP contribution in [0.3, 0.4) is 0 Å². The molecular formula is C24H22FN5O. The number of benzene rings is 2. The predicted molar refractivity (Wildman–Crippen MR) is 118 cm³/mol. The molecule has 7 heteroatoms. The van der Waals surface area contributed by atoms with Gasteiger partial charge in [0.15, 0.2) is 0 Å². The first-order valence-corrected chi connectivity index (χ1v) is 10.3. The van der Waals surface area contributed by atoms with Crippen molar-refractivity contribution >= 4 is 22.8 Å². The molecule has 1 aliphatic heterocycles. The van der Waals surface area contributed by atoms with Crippen LogP contribution in [0.2, 0.25) is 0 Å². The summed E-state index contributed by atoms with van der Waals surface area (Å²) in [6, 6.07) is 18.1. The number of amides is 1. The molecule has 4 aromatic rings. The summed E-state index contributed by atoms with van der Waals surface area (Å²) in [6.45, 7) is 3.10. The molecule has 2 aromatic carbocycles. The third-order valence-corrected chi connectivity index (χ3v) is 5.69. The molecule has 1 aliphatic rings. The zero-order valence-electron chi connectivity index (χ0n) is 17.0. The molecule has 0 bridgehead atoms. The fourth-order valence-electron chi connectivity index (χ4n) is 4.06. The van der Waals surface area contributed by atoms with Crippen LogP contribution in [0.4, 0.5) is 10.3 Å². The number of rotatable bonds is 4. The second kappa shape index (κ2) is 8.18. The van der Waals surface area contributed by atoms with Gasteiger partial charge in [-0.25, -0.2) is 14.4 Å². The Bertz CT molecular complexity index is 1200. The first-order valence-electron chi connectivity index (χ1n) is 10.3. The molecular weight excluding hydrogens is 393 g/mol. The third-order valence-electron chi connectivity index (χ3n) is 5.69. The second-order valence-corrected chi connectivity index (χ2v) is 7.63. The number of anilines is 1. The summed E-state index contributed by atoms with van der Waals surface area (Å²) in [5.74, 6) is 0.435. The van der Waals surface area contributed by atoms with Gasteiger partial charge in [0.05, 0.1) is 0 Å². The van der Waals surface area contributed by atoms with Crippen molar-refractivity contribution in [3.8, 4) is 0 Å². The number of halogens is 1. The molecule has 0 unspecified atom stereocenters. The van der Waals surface area contributed by atoms with E-state index in [1.54, 1.807) is 30.6 Å². The Morgan fingerprint density at radius 1 is 0.903 bits per heavy atom. The summed E-state index contributed by atoms with van der Waals surface area (Å²) in [4.78, 5) is 26.1. The minimum absolute atomic E-state index is 0.00643. The molecule has 1 saturated heterocycles. The van der Waals surface area contributed by atoms with Crippen molar-refractivity contribution in [3.05, 3.63) is 90.1 Å².